The number of carboxylic acid groups (broad SMARTS) is 1. The number of imidazole rings is 1. The van der Waals surface area contributed by atoms with Crippen LogP contribution in [-0.4, -0.2) is 32.4 Å². The van der Waals surface area contributed by atoms with Crippen LogP contribution in [0.25, 0.3) is 5.65 Å². The summed E-state index contributed by atoms with van der Waals surface area (Å²) in [5.74, 6) is -1.65. The third kappa shape index (κ3) is 2.79. The van der Waals surface area contributed by atoms with Gasteiger partial charge in [0.15, 0.2) is 0 Å². The summed E-state index contributed by atoms with van der Waals surface area (Å²) in [6, 6.07) is 4.52. The van der Waals surface area contributed by atoms with E-state index in [-0.39, 0.29) is 11.6 Å². The Morgan fingerprint density at radius 3 is 2.80 bits per heavy atom. The first-order chi connectivity index (χ1) is 9.52. The number of pyridine rings is 1. The number of fused-ring (bicyclic) bond motifs is 1. The van der Waals surface area contributed by atoms with Gasteiger partial charge in [-0.05, 0) is 18.1 Å². The Labute approximate surface area is 116 Å². The van der Waals surface area contributed by atoms with Gasteiger partial charge in [0.1, 0.15) is 17.4 Å². The van der Waals surface area contributed by atoms with Crippen LogP contribution in [0.2, 0.25) is 0 Å². The van der Waals surface area contributed by atoms with E-state index in [2.05, 4.69) is 10.3 Å². The van der Waals surface area contributed by atoms with Crippen molar-refractivity contribution in [3.8, 4) is 0 Å². The fraction of sp³-hybridized carbons (Fsp3) is 0.357. The Kier molecular flexibility index (Phi) is 4.02. The molecule has 0 spiro atoms. The average molecular weight is 275 g/mol. The number of carboxylic acids is 1. The maximum atomic E-state index is 12.1. The number of rotatable bonds is 5. The Balaban J connectivity index is 2.20. The Bertz CT molecular complexity index is 602. The van der Waals surface area contributed by atoms with Gasteiger partial charge in [-0.1, -0.05) is 26.3 Å². The maximum Gasteiger partial charge on any atom is 0.326 e. The van der Waals surface area contributed by atoms with Crippen molar-refractivity contribution >= 4 is 17.5 Å². The summed E-state index contributed by atoms with van der Waals surface area (Å²) in [7, 11) is 0. The normalized spacial score (nSPS) is 13.9. The minimum Gasteiger partial charge on any atom is -0.480 e. The number of carbonyl (C=O) groups is 2. The lowest BCUT2D eigenvalue weighted by Gasteiger charge is -2.19. The molecule has 2 N–H and O–H groups in total. The lowest BCUT2D eigenvalue weighted by Crippen LogP contribution is -2.45. The van der Waals surface area contributed by atoms with Crippen molar-refractivity contribution in [2.24, 2.45) is 5.92 Å². The predicted molar refractivity (Wildman–Crippen MR) is 73.5 cm³/mol. The molecule has 2 rings (SSSR count). The van der Waals surface area contributed by atoms with Crippen molar-refractivity contribution in [2.75, 3.05) is 0 Å². The summed E-state index contributed by atoms with van der Waals surface area (Å²) < 4.78 is 1.72. The van der Waals surface area contributed by atoms with Crippen molar-refractivity contribution in [3.63, 3.8) is 0 Å². The van der Waals surface area contributed by atoms with E-state index in [9.17, 15) is 14.7 Å². The van der Waals surface area contributed by atoms with E-state index in [1.165, 1.54) is 0 Å². The van der Waals surface area contributed by atoms with Gasteiger partial charge in [0.25, 0.3) is 5.91 Å². The van der Waals surface area contributed by atoms with E-state index in [0.29, 0.717) is 12.1 Å². The highest BCUT2D eigenvalue weighted by atomic mass is 16.4. The summed E-state index contributed by atoms with van der Waals surface area (Å²) >= 11 is 0. The van der Waals surface area contributed by atoms with Gasteiger partial charge < -0.3 is 14.8 Å². The summed E-state index contributed by atoms with van der Waals surface area (Å²) in [4.78, 5) is 27.5. The SMILES string of the molecule is CCC(C)C(NC(=O)c1cn2ccccc2n1)C(=O)O. The van der Waals surface area contributed by atoms with E-state index in [0.717, 1.165) is 0 Å². The van der Waals surface area contributed by atoms with Crippen LogP contribution in [-0.2, 0) is 4.79 Å². The fourth-order valence-corrected chi connectivity index (χ4v) is 1.94. The molecular weight excluding hydrogens is 258 g/mol. The summed E-state index contributed by atoms with van der Waals surface area (Å²) in [5.41, 5.74) is 0.860. The van der Waals surface area contributed by atoms with Crippen LogP contribution < -0.4 is 5.32 Å². The number of hydrogen-bond donors (Lipinski definition) is 2. The van der Waals surface area contributed by atoms with E-state index >= 15 is 0 Å². The van der Waals surface area contributed by atoms with E-state index < -0.39 is 17.9 Å². The largest absolute Gasteiger partial charge is 0.480 e. The second-order valence-electron chi connectivity index (χ2n) is 4.77. The molecule has 106 valence electrons. The molecule has 1 amide bonds. The van der Waals surface area contributed by atoms with Gasteiger partial charge in [0, 0.05) is 12.4 Å². The predicted octanol–water partition coefficient (Wildman–Crippen LogP) is 1.56. The number of amides is 1. The van der Waals surface area contributed by atoms with Gasteiger partial charge in [-0.25, -0.2) is 9.78 Å². The Hall–Kier alpha value is -2.37. The standard InChI is InChI=1S/C14H17N3O3/c1-3-9(2)12(14(19)20)16-13(18)10-8-17-7-5-4-6-11(17)15-10/h4-9,12H,3H2,1-2H3,(H,16,18)(H,19,20). The topological polar surface area (TPSA) is 83.7 Å². The minimum absolute atomic E-state index is 0.145. The first-order valence-corrected chi connectivity index (χ1v) is 6.50. The van der Waals surface area contributed by atoms with Gasteiger partial charge in [-0.15, -0.1) is 0 Å². The third-order valence-corrected chi connectivity index (χ3v) is 3.36. The summed E-state index contributed by atoms with van der Waals surface area (Å²) in [6.45, 7) is 3.68. The van der Waals surface area contributed by atoms with Crippen LogP contribution in [0.15, 0.2) is 30.6 Å². The number of nitrogens with one attached hydrogen (secondary N) is 1. The number of hydrogen-bond acceptors (Lipinski definition) is 3. The number of aromatic nitrogens is 2. The molecule has 0 saturated heterocycles. The molecular formula is C14H17N3O3. The molecule has 2 unspecified atom stereocenters. The molecule has 2 heterocycles. The molecule has 20 heavy (non-hydrogen) atoms. The number of nitrogens with zero attached hydrogens (tertiary/aromatic N) is 2. The molecule has 0 aliphatic heterocycles. The van der Waals surface area contributed by atoms with Gasteiger partial charge in [-0.3, -0.25) is 4.79 Å². The van der Waals surface area contributed by atoms with Crippen molar-refractivity contribution < 1.29 is 14.7 Å². The second-order valence-corrected chi connectivity index (χ2v) is 4.77. The monoisotopic (exact) mass is 275 g/mol. The average Bonchev–Trinajstić information content (AvgIpc) is 2.87. The smallest absolute Gasteiger partial charge is 0.326 e. The van der Waals surface area contributed by atoms with Crippen LogP contribution in [0.5, 0.6) is 0 Å². The maximum absolute atomic E-state index is 12.1. The number of aliphatic carboxylic acids is 1. The highest BCUT2D eigenvalue weighted by Crippen LogP contribution is 2.10. The van der Waals surface area contributed by atoms with Crippen LogP contribution >= 0.6 is 0 Å². The molecule has 0 aliphatic rings. The summed E-state index contributed by atoms with van der Waals surface area (Å²) in [6.07, 6.45) is 4.03. The molecule has 0 fully saturated rings. The van der Waals surface area contributed by atoms with Crippen LogP contribution in [0.4, 0.5) is 0 Å². The molecule has 0 bridgehead atoms. The van der Waals surface area contributed by atoms with Gasteiger partial charge >= 0.3 is 5.97 Å². The highest BCUT2D eigenvalue weighted by molar-refractivity contribution is 5.95. The van der Waals surface area contributed by atoms with Crippen molar-refractivity contribution in [1.29, 1.82) is 0 Å². The zero-order valence-electron chi connectivity index (χ0n) is 11.4. The zero-order valence-corrected chi connectivity index (χ0v) is 11.4. The molecule has 0 aromatic carbocycles. The lowest BCUT2D eigenvalue weighted by atomic mass is 9.99. The second kappa shape index (κ2) is 5.73. The van der Waals surface area contributed by atoms with Crippen LogP contribution in [0.3, 0.4) is 0 Å². The molecule has 0 aliphatic carbocycles. The molecule has 0 saturated carbocycles. The van der Waals surface area contributed by atoms with E-state index in [4.69, 9.17) is 0 Å². The van der Waals surface area contributed by atoms with E-state index in [1.807, 2.05) is 19.1 Å². The first-order valence-electron chi connectivity index (χ1n) is 6.50. The number of carbonyl (C=O) groups excluding carboxylic acids is 1. The van der Waals surface area contributed by atoms with Crippen molar-refractivity contribution in [3.05, 3.63) is 36.3 Å². The molecule has 2 aromatic rings. The van der Waals surface area contributed by atoms with Gasteiger partial charge in [-0.2, -0.15) is 0 Å². The molecule has 0 radical (unpaired) electrons. The Morgan fingerprint density at radius 1 is 1.45 bits per heavy atom. The minimum atomic E-state index is -1.03. The third-order valence-electron chi connectivity index (χ3n) is 3.36. The zero-order chi connectivity index (χ0) is 14.7. The van der Waals surface area contributed by atoms with Crippen molar-refractivity contribution in [2.45, 2.75) is 26.3 Å². The quantitative estimate of drug-likeness (QED) is 0.867. The van der Waals surface area contributed by atoms with Crippen LogP contribution in [0.1, 0.15) is 30.8 Å². The van der Waals surface area contributed by atoms with Gasteiger partial charge in [0.05, 0.1) is 0 Å². The molecule has 2 atom stereocenters. The molecule has 6 nitrogen and oxygen atoms in total. The van der Waals surface area contributed by atoms with E-state index in [1.54, 1.807) is 29.8 Å². The fourth-order valence-electron chi connectivity index (χ4n) is 1.94. The van der Waals surface area contributed by atoms with Crippen molar-refractivity contribution in [1.82, 2.24) is 14.7 Å². The highest BCUT2D eigenvalue weighted by Gasteiger charge is 2.26. The van der Waals surface area contributed by atoms with Gasteiger partial charge in [0.2, 0.25) is 0 Å². The molecule has 2 aromatic heterocycles. The van der Waals surface area contributed by atoms with Crippen LogP contribution in [0, 0.1) is 5.92 Å². The lowest BCUT2D eigenvalue weighted by molar-refractivity contribution is -0.140. The summed E-state index contributed by atoms with van der Waals surface area (Å²) in [5, 5.41) is 11.7. The molecule has 6 heteroatoms. The Morgan fingerprint density at radius 2 is 2.20 bits per heavy atom. The first kappa shape index (κ1) is 14.0.